The molecule has 38 heavy (non-hydrogen) atoms. The molecule has 1 aromatic carbocycles. The van der Waals surface area contributed by atoms with E-state index in [2.05, 4.69) is 11.7 Å². The molecule has 0 aliphatic heterocycles. The monoisotopic (exact) mass is 540 g/mol. The van der Waals surface area contributed by atoms with Crippen LogP contribution in [0.1, 0.15) is 110 Å². The van der Waals surface area contributed by atoms with Crippen LogP contribution < -0.4 is 9.47 Å². The van der Waals surface area contributed by atoms with Crippen molar-refractivity contribution < 1.29 is 31.8 Å². The molecule has 7 heteroatoms. The Kier molecular flexibility index (Phi) is 10.8. The molecular formula is C31H44F4O3. The average Bonchev–Trinajstić information content (AvgIpc) is 2.92. The van der Waals surface area contributed by atoms with Crippen molar-refractivity contribution in [2.45, 2.75) is 116 Å². The van der Waals surface area contributed by atoms with E-state index in [0.29, 0.717) is 18.8 Å². The normalized spacial score (nSPS) is 29.6. The molecule has 4 unspecified atom stereocenters. The Morgan fingerprint density at radius 3 is 2.08 bits per heavy atom. The molecule has 0 radical (unpaired) electrons. The molecule has 0 heterocycles. The fourth-order valence-electron chi connectivity index (χ4n) is 7.55. The molecule has 4 atom stereocenters. The van der Waals surface area contributed by atoms with Crippen molar-refractivity contribution in [3.63, 3.8) is 0 Å². The molecule has 3 aliphatic carbocycles. The van der Waals surface area contributed by atoms with E-state index in [1.165, 1.54) is 77.0 Å². The van der Waals surface area contributed by atoms with Crippen molar-refractivity contribution in [3.05, 3.63) is 23.8 Å². The minimum absolute atomic E-state index is 0.352. The Morgan fingerprint density at radius 2 is 1.37 bits per heavy atom. The maximum Gasteiger partial charge on any atom is 0.387 e. The van der Waals surface area contributed by atoms with Crippen LogP contribution >= 0.6 is 0 Å². The molecule has 1 aromatic rings. The van der Waals surface area contributed by atoms with Gasteiger partial charge in [0.25, 0.3) is 0 Å². The van der Waals surface area contributed by atoms with Gasteiger partial charge in [-0.15, -0.1) is 0 Å². The van der Waals surface area contributed by atoms with Crippen molar-refractivity contribution in [2.24, 2.45) is 35.5 Å². The number of carbonyl (C=O) groups is 1. The lowest BCUT2D eigenvalue weighted by molar-refractivity contribution is -0.140. The highest BCUT2D eigenvalue weighted by Crippen LogP contribution is 2.49. The van der Waals surface area contributed by atoms with E-state index >= 15 is 0 Å². The number of carbonyl (C=O) groups excluding carboxylic acids is 1. The predicted octanol–water partition coefficient (Wildman–Crippen LogP) is 9.47. The average molecular weight is 541 g/mol. The molecule has 3 aliphatic rings. The first kappa shape index (κ1) is 29.2. The molecule has 0 spiro atoms. The summed E-state index contributed by atoms with van der Waals surface area (Å²) in [5, 5.41) is 0. The Labute approximate surface area is 225 Å². The van der Waals surface area contributed by atoms with Crippen molar-refractivity contribution in [1.29, 1.82) is 0 Å². The number of benzene rings is 1. The number of hydrogen-bond acceptors (Lipinski definition) is 3. The van der Waals surface area contributed by atoms with Crippen LogP contribution in [0.25, 0.3) is 0 Å². The lowest BCUT2D eigenvalue weighted by Crippen LogP contribution is -2.35. The number of esters is 1. The number of halogens is 4. The van der Waals surface area contributed by atoms with Gasteiger partial charge in [0.2, 0.25) is 11.6 Å². The Morgan fingerprint density at radius 1 is 0.789 bits per heavy atom. The summed E-state index contributed by atoms with van der Waals surface area (Å²) in [6, 6.07) is 1.81. The molecule has 214 valence electrons. The van der Waals surface area contributed by atoms with Crippen molar-refractivity contribution in [3.8, 4) is 11.5 Å². The van der Waals surface area contributed by atoms with E-state index in [4.69, 9.17) is 4.74 Å². The van der Waals surface area contributed by atoms with Gasteiger partial charge in [-0.05, 0) is 99.5 Å². The summed E-state index contributed by atoms with van der Waals surface area (Å²) in [6.45, 7) is -1.01. The molecule has 4 rings (SSSR count). The first-order valence-corrected chi connectivity index (χ1v) is 15.0. The highest BCUT2D eigenvalue weighted by Gasteiger charge is 2.39. The van der Waals surface area contributed by atoms with E-state index in [1.807, 2.05) is 0 Å². The predicted molar refractivity (Wildman–Crippen MR) is 139 cm³/mol. The molecule has 0 aromatic heterocycles. The minimum Gasteiger partial charge on any atom is -0.432 e. The summed E-state index contributed by atoms with van der Waals surface area (Å²) < 4.78 is 62.0. The van der Waals surface area contributed by atoms with Crippen LogP contribution in [0.15, 0.2) is 12.1 Å². The third-order valence-electron chi connectivity index (χ3n) is 9.69. The van der Waals surface area contributed by atoms with E-state index in [-0.39, 0.29) is 5.92 Å². The number of unbranched alkanes of at least 4 members (excludes halogenated alkanes) is 4. The van der Waals surface area contributed by atoms with E-state index in [0.717, 1.165) is 48.6 Å². The van der Waals surface area contributed by atoms with E-state index in [1.54, 1.807) is 0 Å². The summed E-state index contributed by atoms with van der Waals surface area (Å²) in [5.74, 6) is -1.47. The van der Waals surface area contributed by atoms with Gasteiger partial charge in [-0.1, -0.05) is 51.9 Å². The fraction of sp³-hybridized carbons (Fsp3) is 0.774. The molecule has 0 saturated heterocycles. The third kappa shape index (κ3) is 7.65. The SMILES string of the molecule is CCCCCCCC1CCC2CC(C3CCC(C(=O)Oc4ccc(OC(F)F)c(F)c4F)CC3)CCC2C1. The molecule has 0 amide bonds. The second-order valence-corrected chi connectivity index (χ2v) is 12.1. The largest absolute Gasteiger partial charge is 0.432 e. The number of fused-ring (bicyclic) bond motifs is 1. The Balaban J connectivity index is 1.19. The first-order chi connectivity index (χ1) is 18.4. The van der Waals surface area contributed by atoms with Gasteiger partial charge in [0.05, 0.1) is 5.92 Å². The van der Waals surface area contributed by atoms with Gasteiger partial charge in [-0.3, -0.25) is 4.79 Å². The smallest absolute Gasteiger partial charge is 0.387 e. The Bertz CT molecular complexity index is 899. The standard InChI is InChI=1S/C31H44F4O3/c1-2-3-4-5-6-7-20-8-9-25-19-24(15-14-23(25)18-20)21-10-12-22(13-11-21)30(36)37-26-16-17-27(38-31(34)35)29(33)28(26)32/h16-17,20-25,31H,2-15,18-19H2,1H3. The van der Waals surface area contributed by atoms with Crippen LogP contribution in [0.2, 0.25) is 0 Å². The van der Waals surface area contributed by atoms with Crippen LogP contribution in [-0.4, -0.2) is 12.6 Å². The van der Waals surface area contributed by atoms with Gasteiger partial charge >= 0.3 is 12.6 Å². The quantitative estimate of drug-likeness (QED) is 0.121. The summed E-state index contributed by atoms with van der Waals surface area (Å²) in [4.78, 5) is 12.7. The van der Waals surface area contributed by atoms with E-state index < -0.39 is 35.7 Å². The first-order valence-electron chi connectivity index (χ1n) is 15.0. The highest BCUT2D eigenvalue weighted by molar-refractivity contribution is 5.75. The van der Waals surface area contributed by atoms with Gasteiger partial charge in [0.15, 0.2) is 11.5 Å². The summed E-state index contributed by atoms with van der Waals surface area (Å²) >= 11 is 0. The summed E-state index contributed by atoms with van der Waals surface area (Å²) in [5.41, 5.74) is 0. The molecule has 3 saturated carbocycles. The zero-order chi connectivity index (χ0) is 27.1. The lowest BCUT2D eigenvalue weighted by atomic mass is 9.60. The summed E-state index contributed by atoms with van der Waals surface area (Å²) in [7, 11) is 0. The van der Waals surface area contributed by atoms with Crippen LogP contribution in [0.3, 0.4) is 0 Å². The maximum absolute atomic E-state index is 14.2. The molecule has 0 N–H and O–H groups in total. The van der Waals surface area contributed by atoms with Gasteiger partial charge in [-0.2, -0.15) is 17.6 Å². The molecule has 0 bridgehead atoms. The fourth-order valence-corrected chi connectivity index (χ4v) is 7.55. The number of ether oxygens (including phenoxy) is 2. The second kappa shape index (κ2) is 14.0. The van der Waals surface area contributed by atoms with Gasteiger partial charge in [0.1, 0.15) is 0 Å². The van der Waals surface area contributed by atoms with Crippen LogP contribution in [0, 0.1) is 47.1 Å². The van der Waals surface area contributed by atoms with Crippen LogP contribution in [0.4, 0.5) is 17.6 Å². The van der Waals surface area contributed by atoms with E-state index in [9.17, 15) is 22.4 Å². The number of hydrogen-bond donors (Lipinski definition) is 0. The maximum atomic E-state index is 14.2. The Hall–Kier alpha value is -1.79. The van der Waals surface area contributed by atoms with Crippen LogP contribution in [0.5, 0.6) is 11.5 Å². The highest BCUT2D eigenvalue weighted by atomic mass is 19.3. The number of alkyl halides is 2. The molecule has 3 nitrogen and oxygen atoms in total. The third-order valence-corrected chi connectivity index (χ3v) is 9.69. The summed E-state index contributed by atoms with van der Waals surface area (Å²) in [6.07, 6.45) is 19.7. The molecular weight excluding hydrogens is 496 g/mol. The van der Waals surface area contributed by atoms with Crippen molar-refractivity contribution >= 4 is 5.97 Å². The second-order valence-electron chi connectivity index (χ2n) is 12.1. The van der Waals surface area contributed by atoms with Crippen molar-refractivity contribution in [2.75, 3.05) is 0 Å². The topological polar surface area (TPSA) is 35.5 Å². The van der Waals surface area contributed by atoms with Gasteiger partial charge < -0.3 is 9.47 Å². The van der Waals surface area contributed by atoms with Crippen LogP contribution in [-0.2, 0) is 4.79 Å². The minimum atomic E-state index is -3.28. The zero-order valence-electron chi connectivity index (χ0n) is 22.7. The number of rotatable bonds is 11. The van der Waals surface area contributed by atoms with Gasteiger partial charge in [0, 0.05) is 0 Å². The molecule has 3 fully saturated rings. The van der Waals surface area contributed by atoms with Gasteiger partial charge in [-0.25, -0.2) is 0 Å². The lowest BCUT2D eigenvalue weighted by Gasteiger charge is -2.45. The van der Waals surface area contributed by atoms with Crippen molar-refractivity contribution in [1.82, 2.24) is 0 Å². The zero-order valence-corrected chi connectivity index (χ0v) is 22.7.